The van der Waals surface area contributed by atoms with Crippen molar-refractivity contribution >= 4 is 22.6 Å². The zero-order valence-corrected chi connectivity index (χ0v) is 16.4. The van der Waals surface area contributed by atoms with Crippen LogP contribution in [0.2, 0.25) is 0 Å². The number of halogens is 1. The fourth-order valence-corrected chi connectivity index (χ4v) is 3.47. The van der Waals surface area contributed by atoms with Gasteiger partial charge >= 0.3 is 0 Å². The van der Waals surface area contributed by atoms with Crippen molar-refractivity contribution in [3.05, 3.63) is 35.4 Å². The summed E-state index contributed by atoms with van der Waals surface area (Å²) in [6.07, 6.45) is 13.9. The van der Waals surface area contributed by atoms with Crippen LogP contribution in [0.25, 0.3) is 0 Å². The van der Waals surface area contributed by atoms with E-state index in [1.54, 1.807) is 5.56 Å². The van der Waals surface area contributed by atoms with Gasteiger partial charge in [-0.2, -0.15) is 0 Å². The second kappa shape index (κ2) is 10.6. The topological polar surface area (TPSA) is 0 Å². The van der Waals surface area contributed by atoms with Crippen LogP contribution in [0, 0.1) is 0 Å². The normalized spacial score (nSPS) is 11.8. The molecule has 120 valence electrons. The first kappa shape index (κ1) is 19.0. The third kappa shape index (κ3) is 8.23. The fourth-order valence-electron chi connectivity index (χ4n) is 2.94. The minimum atomic E-state index is 0.244. The van der Waals surface area contributed by atoms with Gasteiger partial charge in [0.05, 0.1) is 0 Å². The van der Waals surface area contributed by atoms with Crippen LogP contribution in [0.4, 0.5) is 0 Å². The van der Waals surface area contributed by atoms with Crippen molar-refractivity contribution in [3.8, 4) is 0 Å². The molecule has 1 heteroatoms. The zero-order valence-electron chi connectivity index (χ0n) is 14.3. The van der Waals surface area contributed by atoms with Crippen LogP contribution in [0.15, 0.2) is 24.3 Å². The summed E-state index contributed by atoms with van der Waals surface area (Å²) < 4.78 is 0.244. The Morgan fingerprint density at radius 3 is 1.90 bits per heavy atom. The molecule has 1 aromatic rings. The van der Waals surface area contributed by atoms with E-state index in [1.807, 2.05) is 0 Å². The largest absolute Gasteiger partial charge is 0.0743 e. The van der Waals surface area contributed by atoms with Gasteiger partial charge in [0.2, 0.25) is 0 Å². The molecule has 0 radical (unpaired) electrons. The molecule has 0 bridgehead atoms. The molecule has 0 aliphatic carbocycles. The van der Waals surface area contributed by atoms with Gasteiger partial charge in [0.1, 0.15) is 0 Å². The number of hydrogen-bond acceptors (Lipinski definition) is 0. The maximum atomic E-state index is 2.56. The monoisotopic (exact) mass is 400 g/mol. The van der Waals surface area contributed by atoms with Gasteiger partial charge < -0.3 is 0 Å². The smallest absolute Gasteiger partial charge is 0.0416 e. The van der Waals surface area contributed by atoms with E-state index in [0.717, 1.165) is 0 Å². The Bertz CT molecular complexity index is 376. The molecule has 0 saturated carbocycles. The minimum absolute atomic E-state index is 0.244. The Labute approximate surface area is 146 Å². The Kier molecular flexibility index (Phi) is 9.62. The lowest BCUT2D eigenvalue weighted by atomic mass is 9.93. The molecule has 0 amide bonds. The third-order valence-corrected chi connectivity index (χ3v) is 4.79. The molecule has 0 fully saturated rings. The first-order valence-electron chi connectivity index (χ1n) is 8.83. The molecule has 1 aromatic carbocycles. The number of rotatable bonds is 11. The Balaban J connectivity index is 2.19. The highest BCUT2D eigenvalue weighted by atomic mass is 127. The van der Waals surface area contributed by atoms with Crippen molar-refractivity contribution < 1.29 is 0 Å². The molecular formula is C20H33I. The molecule has 21 heavy (non-hydrogen) atoms. The van der Waals surface area contributed by atoms with E-state index in [-0.39, 0.29) is 3.42 Å². The minimum Gasteiger partial charge on any atom is -0.0743 e. The van der Waals surface area contributed by atoms with Gasteiger partial charge in [-0.25, -0.2) is 0 Å². The number of unbranched alkanes of at least 4 members (excludes halogenated alkanes) is 8. The van der Waals surface area contributed by atoms with Crippen molar-refractivity contribution in [2.24, 2.45) is 0 Å². The van der Waals surface area contributed by atoms with Gasteiger partial charge in [0.15, 0.2) is 0 Å². The lowest BCUT2D eigenvalue weighted by Crippen LogP contribution is -2.10. The van der Waals surface area contributed by atoms with Gasteiger partial charge in [-0.1, -0.05) is 105 Å². The van der Waals surface area contributed by atoms with Gasteiger partial charge in [0, 0.05) is 3.42 Å². The molecule has 0 aliphatic rings. The maximum absolute atomic E-state index is 2.56. The summed E-state index contributed by atoms with van der Waals surface area (Å²) in [5.74, 6) is 0. The number of benzene rings is 1. The van der Waals surface area contributed by atoms with Crippen LogP contribution in [0.3, 0.4) is 0 Å². The summed E-state index contributed by atoms with van der Waals surface area (Å²) in [4.78, 5) is 0. The molecule has 0 spiro atoms. The first-order chi connectivity index (χ1) is 10.1. The number of hydrogen-bond donors (Lipinski definition) is 0. The molecule has 0 nitrogen and oxygen atoms in total. The van der Waals surface area contributed by atoms with Crippen LogP contribution >= 0.6 is 22.6 Å². The van der Waals surface area contributed by atoms with Crippen LogP contribution in [-0.2, 0) is 9.84 Å². The molecule has 0 atom stereocenters. The predicted molar refractivity (Wildman–Crippen MR) is 104 cm³/mol. The van der Waals surface area contributed by atoms with E-state index in [2.05, 4.69) is 67.6 Å². The number of aryl methyl sites for hydroxylation is 1. The van der Waals surface area contributed by atoms with E-state index in [1.165, 1.54) is 69.8 Å². The summed E-state index contributed by atoms with van der Waals surface area (Å²) in [5, 5.41) is 0. The van der Waals surface area contributed by atoms with Crippen molar-refractivity contribution in [1.82, 2.24) is 0 Å². The van der Waals surface area contributed by atoms with E-state index in [0.29, 0.717) is 0 Å². The van der Waals surface area contributed by atoms with Crippen molar-refractivity contribution in [2.75, 3.05) is 0 Å². The molecule has 0 aliphatic heterocycles. The van der Waals surface area contributed by atoms with Crippen LogP contribution in [0.1, 0.15) is 89.7 Å². The summed E-state index contributed by atoms with van der Waals surface area (Å²) >= 11 is 2.56. The molecule has 1 rings (SSSR count). The number of alkyl halides is 1. The molecule has 0 heterocycles. The molecular weight excluding hydrogens is 367 g/mol. The summed E-state index contributed by atoms with van der Waals surface area (Å²) in [6, 6.07) is 8.99. The van der Waals surface area contributed by atoms with E-state index in [9.17, 15) is 0 Å². The summed E-state index contributed by atoms with van der Waals surface area (Å²) in [6.45, 7) is 6.90. The Morgan fingerprint density at radius 1 is 0.810 bits per heavy atom. The average molecular weight is 400 g/mol. The lowest BCUT2D eigenvalue weighted by molar-refractivity contribution is 0.564. The summed E-state index contributed by atoms with van der Waals surface area (Å²) in [7, 11) is 0. The van der Waals surface area contributed by atoms with Gasteiger partial charge in [-0.05, 0) is 37.8 Å². The fraction of sp³-hybridized carbons (Fsp3) is 0.700. The van der Waals surface area contributed by atoms with E-state index in [4.69, 9.17) is 0 Å². The van der Waals surface area contributed by atoms with E-state index < -0.39 is 0 Å². The van der Waals surface area contributed by atoms with Gasteiger partial charge in [-0.15, -0.1) is 0 Å². The second-order valence-electron chi connectivity index (χ2n) is 6.71. The quantitative estimate of drug-likeness (QED) is 0.206. The van der Waals surface area contributed by atoms with Crippen LogP contribution in [0.5, 0.6) is 0 Å². The van der Waals surface area contributed by atoms with Crippen molar-refractivity contribution in [1.29, 1.82) is 0 Å². The van der Waals surface area contributed by atoms with Gasteiger partial charge in [0.25, 0.3) is 0 Å². The zero-order chi connectivity index (χ0) is 15.6. The van der Waals surface area contributed by atoms with Crippen LogP contribution in [-0.4, -0.2) is 0 Å². The molecule has 0 saturated heterocycles. The highest BCUT2D eigenvalue weighted by Crippen LogP contribution is 2.33. The first-order valence-corrected chi connectivity index (χ1v) is 9.91. The molecule has 0 unspecified atom stereocenters. The van der Waals surface area contributed by atoms with Crippen molar-refractivity contribution in [3.63, 3.8) is 0 Å². The van der Waals surface area contributed by atoms with E-state index >= 15 is 0 Å². The average Bonchev–Trinajstić information content (AvgIpc) is 2.45. The van der Waals surface area contributed by atoms with Crippen molar-refractivity contribution in [2.45, 2.75) is 88.4 Å². The third-order valence-electron chi connectivity index (χ3n) is 4.21. The van der Waals surface area contributed by atoms with Crippen LogP contribution < -0.4 is 0 Å². The summed E-state index contributed by atoms with van der Waals surface area (Å²) in [5.41, 5.74) is 3.07. The lowest BCUT2D eigenvalue weighted by Gasteiger charge is -2.21. The Hall–Kier alpha value is -0.0500. The molecule has 0 N–H and O–H groups in total. The van der Waals surface area contributed by atoms with Gasteiger partial charge in [-0.3, -0.25) is 0 Å². The second-order valence-corrected chi connectivity index (χ2v) is 9.40. The maximum Gasteiger partial charge on any atom is 0.0416 e. The molecule has 0 aromatic heterocycles. The highest BCUT2D eigenvalue weighted by molar-refractivity contribution is 14.1. The predicted octanol–water partition coefficient (Wildman–Crippen LogP) is 7.43. The SMILES string of the molecule is CCCCCCCCCCCc1ccccc1C(C)(C)I. The standard InChI is InChI=1S/C20H33I/c1-4-5-6-7-8-9-10-11-12-15-18-16-13-14-17-19(18)20(2,3)21/h13-14,16-17H,4-12,15H2,1-3H3. The Morgan fingerprint density at radius 2 is 1.33 bits per heavy atom. The highest BCUT2D eigenvalue weighted by Gasteiger charge is 2.18.